The molecule has 0 saturated heterocycles. The van der Waals surface area contributed by atoms with E-state index >= 15 is 0 Å². The van der Waals surface area contributed by atoms with Gasteiger partial charge in [0, 0.05) is 61.5 Å². The Morgan fingerprint density at radius 1 is 0.925 bits per heavy atom. The highest BCUT2D eigenvalue weighted by Crippen LogP contribution is 2.27. The van der Waals surface area contributed by atoms with Crippen LogP contribution in [0.4, 0.5) is 21.0 Å². The normalized spacial score (nSPS) is 13.3. The van der Waals surface area contributed by atoms with Crippen LogP contribution < -0.4 is 31.7 Å². The molecule has 7 N–H and O–H groups in total. The molecule has 0 aliphatic carbocycles. The van der Waals surface area contributed by atoms with Gasteiger partial charge in [-0.05, 0) is 55.4 Å². The number of primary amides is 1. The predicted octanol–water partition coefficient (Wildman–Crippen LogP) is 2.74. The molecule has 7 amide bonds. The van der Waals surface area contributed by atoms with Crippen molar-refractivity contribution in [3.05, 3.63) is 75.9 Å². The summed E-state index contributed by atoms with van der Waals surface area (Å²) >= 11 is 0. The maximum Gasteiger partial charge on any atom is 0.511 e. The zero-order valence-electron chi connectivity index (χ0n) is 29.3. The number of nitro groups is 1. The number of rotatable bonds is 20. The maximum absolute atomic E-state index is 13.4. The Kier molecular flexibility index (Phi) is 15.4. The molecular formula is C35H43N7O11. The number of nitrogens with zero attached hydrogens (tertiary/aromatic N) is 2. The average Bonchev–Trinajstić information content (AvgIpc) is 3.41. The van der Waals surface area contributed by atoms with Crippen molar-refractivity contribution in [2.45, 2.75) is 70.9 Å². The molecule has 1 aliphatic heterocycles. The van der Waals surface area contributed by atoms with Gasteiger partial charge >= 0.3 is 12.2 Å². The number of ether oxygens (including phenoxy) is 1. The summed E-state index contributed by atoms with van der Waals surface area (Å²) in [4.78, 5) is 97.0. The van der Waals surface area contributed by atoms with Crippen LogP contribution in [-0.2, 0) is 30.4 Å². The summed E-state index contributed by atoms with van der Waals surface area (Å²) in [6.07, 6.45) is 2.94. The molecule has 0 bridgehead atoms. The summed E-state index contributed by atoms with van der Waals surface area (Å²) in [5.41, 5.74) is 6.10. The zero-order chi connectivity index (χ0) is 39.1. The van der Waals surface area contributed by atoms with Gasteiger partial charge in [-0.15, -0.1) is 0 Å². The topological polar surface area (TPSA) is 269 Å². The lowest BCUT2D eigenvalue weighted by Gasteiger charge is -2.25. The van der Waals surface area contributed by atoms with Crippen molar-refractivity contribution >= 4 is 53.1 Å². The number of non-ortho nitro benzene ring substituents is 1. The summed E-state index contributed by atoms with van der Waals surface area (Å²) in [6, 6.07) is 7.09. The van der Waals surface area contributed by atoms with E-state index in [9.17, 15) is 43.7 Å². The lowest BCUT2D eigenvalue weighted by Crippen LogP contribution is -2.54. The van der Waals surface area contributed by atoms with Crippen LogP contribution in [0.1, 0.15) is 63.5 Å². The number of imide groups is 1. The van der Waals surface area contributed by atoms with E-state index in [0.29, 0.717) is 30.5 Å². The fourth-order valence-electron chi connectivity index (χ4n) is 5.38. The molecule has 2 aromatic rings. The van der Waals surface area contributed by atoms with E-state index in [1.165, 1.54) is 24.3 Å². The van der Waals surface area contributed by atoms with Gasteiger partial charge in [0.1, 0.15) is 17.8 Å². The Morgan fingerprint density at radius 3 is 2.21 bits per heavy atom. The summed E-state index contributed by atoms with van der Waals surface area (Å²) in [5, 5.41) is 30.9. The molecule has 0 radical (unpaired) electrons. The van der Waals surface area contributed by atoms with Crippen molar-refractivity contribution in [3.63, 3.8) is 0 Å². The number of benzene rings is 2. The molecule has 18 nitrogen and oxygen atoms in total. The van der Waals surface area contributed by atoms with E-state index in [0.717, 1.165) is 11.0 Å². The van der Waals surface area contributed by atoms with Gasteiger partial charge in [0.05, 0.1) is 4.92 Å². The Labute approximate surface area is 304 Å². The third kappa shape index (κ3) is 13.4. The minimum absolute atomic E-state index is 0.0656. The van der Waals surface area contributed by atoms with Crippen LogP contribution in [-0.4, -0.2) is 81.8 Å². The maximum atomic E-state index is 13.4. The highest BCUT2D eigenvalue weighted by atomic mass is 16.7. The fourth-order valence-corrected chi connectivity index (χ4v) is 5.38. The van der Waals surface area contributed by atoms with Crippen molar-refractivity contribution in [1.82, 2.24) is 20.9 Å². The van der Waals surface area contributed by atoms with Crippen LogP contribution in [0.2, 0.25) is 0 Å². The van der Waals surface area contributed by atoms with E-state index in [1.54, 1.807) is 38.1 Å². The number of nitro benzene ring substituents is 1. The second-order valence-corrected chi connectivity index (χ2v) is 12.5. The molecule has 0 aromatic heterocycles. The van der Waals surface area contributed by atoms with Gasteiger partial charge in [-0.25, -0.2) is 9.59 Å². The van der Waals surface area contributed by atoms with E-state index in [2.05, 4.69) is 21.3 Å². The largest absolute Gasteiger partial charge is 0.511 e. The molecule has 0 spiro atoms. The van der Waals surface area contributed by atoms with Gasteiger partial charge in [0.15, 0.2) is 0 Å². The predicted molar refractivity (Wildman–Crippen MR) is 189 cm³/mol. The summed E-state index contributed by atoms with van der Waals surface area (Å²) in [5.74, 6) is -2.71. The number of nitrogens with one attached hydrogen (secondary N) is 4. The lowest BCUT2D eigenvalue weighted by molar-refractivity contribution is -0.384. The van der Waals surface area contributed by atoms with Gasteiger partial charge in [-0.2, -0.15) is 0 Å². The highest BCUT2D eigenvalue weighted by molar-refractivity contribution is 6.12. The number of unbranched alkanes of at least 4 members (excludes halogenated alkanes) is 2. The molecule has 0 fully saturated rings. The highest BCUT2D eigenvalue weighted by Gasteiger charge is 2.29. The van der Waals surface area contributed by atoms with Crippen LogP contribution >= 0.6 is 0 Å². The number of hydrogen-bond donors (Lipinski definition) is 6. The van der Waals surface area contributed by atoms with Gasteiger partial charge in [-0.3, -0.25) is 39.0 Å². The molecule has 0 saturated carbocycles. The van der Waals surface area contributed by atoms with Crippen LogP contribution in [0.3, 0.4) is 0 Å². The number of amides is 7. The third-order valence-electron chi connectivity index (χ3n) is 8.12. The van der Waals surface area contributed by atoms with E-state index < -0.39 is 41.0 Å². The van der Waals surface area contributed by atoms with E-state index in [-0.39, 0.29) is 79.4 Å². The second kappa shape index (κ2) is 19.9. The molecule has 1 aliphatic rings. The van der Waals surface area contributed by atoms with Crippen molar-refractivity contribution < 1.29 is 48.3 Å². The smallest absolute Gasteiger partial charge is 0.449 e. The van der Waals surface area contributed by atoms with Gasteiger partial charge in [0.2, 0.25) is 17.7 Å². The average molecular weight is 738 g/mol. The number of urea groups is 1. The molecule has 53 heavy (non-hydrogen) atoms. The number of hydrogen-bond acceptors (Lipinski definition) is 10. The molecule has 2 aromatic carbocycles. The number of nitrogens with two attached hydrogens (primary N) is 1. The first-order chi connectivity index (χ1) is 25.1. The Balaban J connectivity index is 1.62. The first-order valence-electron chi connectivity index (χ1n) is 16.9. The molecule has 284 valence electrons. The fraction of sp³-hybridized carbons (Fsp3) is 0.400. The Morgan fingerprint density at radius 2 is 1.60 bits per heavy atom. The quantitative estimate of drug-likeness (QED) is 0.0287. The van der Waals surface area contributed by atoms with E-state index in [4.69, 9.17) is 15.6 Å². The minimum atomic E-state index is -1.58. The Bertz CT molecular complexity index is 1710. The molecule has 3 rings (SSSR count). The number of carbonyl (C=O) groups excluding carboxylic acids is 6. The third-order valence-corrected chi connectivity index (χ3v) is 8.12. The zero-order valence-corrected chi connectivity index (χ0v) is 29.3. The molecule has 1 heterocycles. The second-order valence-electron chi connectivity index (χ2n) is 12.5. The lowest BCUT2D eigenvalue weighted by atomic mass is 10.0. The monoisotopic (exact) mass is 737 g/mol. The van der Waals surface area contributed by atoms with Crippen molar-refractivity contribution in [2.75, 3.05) is 18.4 Å². The van der Waals surface area contributed by atoms with E-state index in [1.807, 2.05) is 0 Å². The molecular weight excluding hydrogens is 694 g/mol. The SMILES string of the molecule is CC(C)C(NC(=O)CCCCCN1C(=O)C=CC1=O)C(=O)NC(CCCNC(N)=O)C(=O)Nc1ccc(Cc2cc([N+](=O)[O-])ccc2OC(=O)O)cc1. The number of carboxylic acid groups (broad SMARTS) is 1. The molecule has 2 atom stereocenters. The standard InChI is InChI=1S/C35H43N7O11/c1-21(2)31(40-28(43)8-4-3-5-18-41-29(44)15-16-30(41)45)33(47)39-26(7-6-17-37-34(36)48)32(46)38-24-11-9-22(10-12-24)19-23-20-25(42(51)52)13-14-27(23)53-35(49)50/h9-16,20-21,26,31H,3-8,17-19H2,1-2H3,(H,38,46)(H,39,47)(H,40,43)(H,49,50)(H3,36,37,48). The van der Waals surface area contributed by atoms with Crippen LogP contribution in [0.25, 0.3) is 0 Å². The first-order valence-corrected chi connectivity index (χ1v) is 16.9. The summed E-state index contributed by atoms with van der Waals surface area (Å²) in [6.45, 7) is 3.86. The van der Waals surface area contributed by atoms with Crippen LogP contribution in [0, 0.1) is 16.0 Å². The summed E-state index contributed by atoms with van der Waals surface area (Å²) in [7, 11) is 0. The van der Waals surface area contributed by atoms with Crippen molar-refractivity contribution in [3.8, 4) is 5.75 Å². The number of carbonyl (C=O) groups is 7. The Hall–Kier alpha value is -6.33. The molecule has 18 heteroatoms. The minimum Gasteiger partial charge on any atom is -0.449 e. The summed E-state index contributed by atoms with van der Waals surface area (Å²) < 4.78 is 4.77. The van der Waals surface area contributed by atoms with Crippen LogP contribution in [0.15, 0.2) is 54.6 Å². The van der Waals surface area contributed by atoms with Crippen molar-refractivity contribution in [1.29, 1.82) is 0 Å². The van der Waals surface area contributed by atoms with Gasteiger partial charge < -0.3 is 36.8 Å². The first kappa shape index (κ1) is 41.1. The van der Waals surface area contributed by atoms with Gasteiger partial charge in [0.25, 0.3) is 17.5 Å². The molecule has 2 unspecified atom stereocenters. The van der Waals surface area contributed by atoms with Gasteiger partial charge in [-0.1, -0.05) is 32.4 Å². The van der Waals surface area contributed by atoms with Crippen LogP contribution in [0.5, 0.6) is 5.75 Å². The number of anilines is 1. The van der Waals surface area contributed by atoms with Crippen molar-refractivity contribution in [2.24, 2.45) is 11.7 Å².